The van der Waals surface area contributed by atoms with Crippen molar-refractivity contribution >= 4 is 0 Å². The molecule has 26 heavy (non-hydrogen) atoms. The molecule has 0 spiro atoms. The van der Waals surface area contributed by atoms with Crippen LogP contribution in [0.2, 0.25) is 0 Å². The maximum absolute atomic E-state index is 12.6. The third kappa shape index (κ3) is 3.97. The molecule has 1 aromatic carbocycles. The van der Waals surface area contributed by atoms with Gasteiger partial charge in [-0.3, -0.25) is 0 Å². The zero-order valence-electron chi connectivity index (χ0n) is 14.1. The number of nitrogens with zero attached hydrogens (tertiary/aromatic N) is 2. The van der Waals surface area contributed by atoms with Gasteiger partial charge in [-0.2, -0.15) is 18.4 Å². The molecule has 1 N–H and O–H groups in total. The van der Waals surface area contributed by atoms with Gasteiger partial charge < -0.3 is 10.1 Å². The Balaban J connectivity index is 1.70. The molecule has 4 nitrogen and oxygen atoms in total. The first-order valence-corrected chi connectivity index (χ1v) is 8.29. The first kappa shape index (κ1) is 18.2. The monoisotopic (exact) mass is 361 g/mol. The second kappa shape index (κ2) is 7.34. The molecule has 1 aromatic heterocycles. The number of pyridine rings is 1. The molecule has 1 saturated heterocycles. The zero-order valence-corrected chi connectivity index (χ0v) is 14.1. The van der Waals surface area contributed by atoms with Crippen molar-refractivity contribution in [1.29, 1.82) is 5.26 Å². The predicted molar refractivity (Wildman–Crippen MR) is 89.6 cm³/mol. The van der Waals surface area contributed by atoms with Crippen molar-refractivity contribution in [3.63, 3.8) is 0 Å². The summed E-state index contributed by atoms with van der Waals surface area (Å²) in [5.41, 5.74) is 0.917. The van der Waals surface area contributed by atoms with Crippen LogP contribution in [-0.4, -0.2) is 24.2 Å². The fourth-order valence-electron chi connectivity index (χ4n) is 3.26. The number of rotatable bonds is 4. The average Bonchev–Trinajstić information content (AvgIpc) is 3.11. The van der Waals surface area contributed by atoms with Gasteiger partial charge in [0.1, 0.15) is 6.10 Å². The lowest BCUT2D eigenvalue weighted by Gasteiger charge is -2.25. The average molecular weight is 361 g/mol. The van der Waals surface area contributed by atoms with Gasteiger partial charge in [0.15, 0.2) is 0 Å². The van der Waals surface area contributed by atoms with Crippen molar-refractivity contribution in [2.24, 2.45) is 5.92 Å². The number of nitrogens with one attached hydrogen (secondary N) is 1. The maximum atomic E-state index is 12.6. The molecule has 1 aliphatic heterocycles. The van der Waals surface area contributed by atoms with Crippen LogP contribution in [-0.2, 0) is 6.18 Å². The summed E-state index contributed by atoms with van der Waals surface area (Å²) in [5, 5.41) is 12.2. The Morgan fingerprint density at radius 3 is 2.50 bits per heavy atom. The van der Waals surface area contributed by atoms with Gasteiger partial charge in [-0.05, 0) is 30.7 Å². The molecule has 0 amide bonds. The molecule has 3 unspecified atom stereocenters. The highest BCUT2D eigenvalue weighted by Crippen LogP contribution is 2.33. The highest BCUT2D eigenvalue weighted by atomic mass is 19.4. The zero-order chi connectivity index (χ0) is 18.7. The van der Waals surface area contributed by atoms with Crippen LogP contribution < -0.4 is 10.1 Å². The number of hydrogen-bond donors (Lipinski definition) is 1. The quantitative estimate of drug-likeness (QED) is 0.901. The summed E-state index contributed by atoms with van der Waals surface area (Å²) in [4.78, 5) is 3.78. The summed E-state index contributed by atoms with van der Waals surface area (Å²) in [5.74, 6) is 0.523. The Morgan fingerprint density at radius 2 is 1.92 bits per heavy atom. The number of benzene rings is 1. The second-order valence-corrected chi connectivity index (χ2v) is 6.37. The van der Waals surface area contributed by atoms with Gasteiger partial charge in [0.05, 0.1) is 17.2 Å². The number of hydrogen-bond acceptors (Lipinski definition) is 4. The number of alkyl halides is 3. The summed E-state index contributed by atoms with van der Waals surface area (Å²) < 4.78 is 43.6. The van der Waals surface area contributed by atoms with Crippen LogP contribution in [0.3, 0.4) is 0 Å². The van der Waals surface area contributed by atoms with Gasteiger partial charge in [0.2, 0.25) is 5.88 Å². The van der Waals surface area contributed by atoms with E-state index in [4.69, 9.17) is 10.00 Å². The van der Waals surface area contributed by atoms with Crippen LogP contribution >= 0.6 is 0 Å². The van der Waals surface area contributed by atoms with Crippen molar-refractivity contribution in [1.82, 2.24) is 10.3 Å². The fraction of sp³-hybridized carbons (Fsp3) is 0.368. The van der Waals surface area contributed by atoms with Crippen molar-refractivity contribution in [3.05, 3.63) is 59.3 Å². The minimum Gasteiger partial charge on any atom is -0.474 e. The van der Waals surface area contributed by atoms with Crippen LogP contribution in [0.4, 0.5) is 13.2 Å². The number of nitriles is 1. The smallest absolute Gasteiger partial charge is 0.417 e. The van der Waals surface area contributed by atoms with E-state index in [1.165, 1.54) is 6.07 Å². The SMILES string of the molecule is CC(Oc1ccc(C(F)(F)F)cn1)C1CNCC1c1ccc(C#N)cc1. The molecule has 0 saturated carbocycles. The molecule has 3 rings (SSSR count). The predicted octanol–water partition coefficient (Wildman–Crippen LogP) is 3.74. The summed E-state index contributed by atoms with van der Waals surface area (Å²) >= 11 is 0. The summed E-state index contributed by atoms with van der Waals surface area (Å²) in [6, 6.07) is 11.8. The minimum absolute atomic E-state index is 0.145. The Bertz CT molecular complexity index is 782. The third-order valence-electron chi connectivity index (χ3n) is 4.70. The largest absolute Gasteiger partial charge is 0.474 e. The first-order chi connectivity index (χ1) is 12.4. The second-order valence-electron chi connectivity index (χ2n) is 6.37. The highest BCUT2D eigenvalue weighted by Gasteiger charge is 2.34. The Labute approximate surface area is 149 Å². The van der Waals surface area contributed by atoms with E-state index in [2.05, 4.69) is 16.4 Å². The van der Waals surface area contributed by atoms with Crippen LogP contribution in [0.25, 0.3) is 0 Å². The number of ether oxygens (including phenoxy) is 1. The van der Waals surface area contributed by atoms with E-state index < -0.39 is 11.7 Å². The van der Waals surface area contributed by atoms with Crippen LogP contribution in [0, 0.1) is 17.2 Å². The van der Waals surface area contributed by atoms with E-state index in [9.17, 15) is 13.2 Å². The van der Waals surface area contributed by atoms with Crippen LogP contribution in [0.15, 0.2) is 42.6 Å². The van der Waals surface area contributed by atoms with Crippen molar-refractivity contribution in [2.45, 2.75) is 25.1 Å². The third-order valence-corrected chi connectivity index (χ3v) is 4.70. The Hall–Kier alpha value is -2.59. The molecule has 0 radical (unpaired) electrons. The normalized spacial score (nSPS) is 21.2. The molecule has 1 fully saturated rings. The van der Waals surface area contributed by atoms with Gasteiger partial charge in [-0.15, -0.1) is 0 Å². The molecule has 3 atom stereocenters. The standard InChI is InChI=1S/C19H18F3N3O/c1-12(26-18-7-6-15(9-25-18)19(20,21)22)16-10-24-11-17(16)14-4-2-13(8-23)3-5-14/h2-7,9,12,16-17,24H,10-11H2,1H3. The van der Waals surface area contributed by atoms with E-state index >= 15 is 0 Å². The van der Waals surface area contributed by atoms with E-state index in [0.29, 0.717) is 5.56 Å². The van der Waals surface area contributed by atoms with Crippen LogP contribution in [0.1, 0.15) is 29.5 Å². The lowest BCUT2D eigenvalue weighted by Crippen LogP contribution is -2.29. The van der Waals surface area contributed by atoms with Gasteiger partial charge >= 0.3 is 6.18 Å². The molecular weight excluding hydrogens is 343 g/mol. The highest BCUT2D eigenvalue weighted by molar-refractivity contribution is 5.34. The lowest BCUT2D eigenvalue weighted by molar-refractivity contribution is -0.137. The maximum Gasteiger partial charge on any atom is 0.417 e. The van der Waals surface area contributed by atoms with Crippen LogP contribution in [0.5, 0.6) is 5.88 Å². The number of halogens is 3. The molecule has 1 aliphatic rings. The minimum atomic E-state index is -4.41. The molecule has 7 heteroatoms. The van der Waals surface area contributed by atoms with E-state index in [0.717, 1.165) is 30.9 Å². The first-order valence-electron chi connectivity index (χ1n) is 8.29. The Kier molecular flexibility index (Phi) is 5.14. The van der Waals surface area contributed by atoms with E-state index in [1.807, 2.05) is 19.1 Å². The van der Waals surface area contributed by atoms with E-state index in [1.54, 1.807) is 12.1 Å². The van der Waals surface area contributed by atoms with Crippen molar-refractivity contribution in [2.75, 3.05) is 13.1 Å². The molecular formula is C19H18F3N3O. The Morgan fingerprint density at radius 1 is 1.19 bits per heavy atom. The lowest BCUT2D eigenvalue weighted by atomic mass is 9.85. The van der Waals surface area contributed by atoms with Gasteiger partial charge in [-0.25, -0.2) is 4.98 Å². The fourth-order valence-corrected chi connectivity index (χ4v) is 3.26. The summed E-state index contributed by atoms with van der Waals surface area (Å²) in [6.45, 7) is 3.42. The van der Waals surface area contributed by atoms with Crippen molar-refractivity contribution < 1.29 is 17.9 Å². The molecule has 0 aliphatic carbocycles. The summed E-state index contributed by atoms with van der Waals surface area (Å²) in [6.07, 6.45) is -3.85. The molecule has 2 aromatic rings. The summed E-state index contributed by atoms with van der Waals surface area (Å²) in [7, 11) is 0. The van der Waals surface area contributed by atoms with Gasteiger partial charge in [0.25, 0.3) is 0 Å². The van der Waals surface area contributed by atoms with Crippen molar-refractivity contribution in [3.8, 4) is 11.9 Å². The molecule has 0 bridgehead atoms. The van der Waals surface area contributed by atoms with Gasteiger partial charge in [-0.1, -0.05) is 12.1 Å². The van der Waals surface area contributed by atoms with Gasteiger partial charge in [0, 0.05) is 37.2 Å². The molecule has 2 heterocycles. The topological polar surface area (TPSA) is 57.9 Å². The molecule has 136 valence electrons. The van der Waals surface area contributed by atoms with E-state index in [-0.39, 0.29) is 23.8 Å². The number of aromatic nitrogens is 1.